The van der Waals surface area contributed by atoms with E-state index in [9.17, 15) is 14.7 Å². The highest BCUT2D eigenvalue weighted by molar-refractivity contribution is 5.95. The van der Waals surface area contributed by atoms with Crippen molar-refractivity contribution >= 4 is 11.9 Å². The molecule has 0 unspecified atom stereocenters. The van der Waals surface area contributed by atoms with Crippen LogP contribution < -0.4 is 0 Å². The Bertz CT molecular complexity index is 717. The summed E-state index contributed by atoms with van der Waals surface area (Å²) >= 11 is 0. The Hall–Kier alpha value is -2.56. The number of aliphatic carboxylic acids is 1. The first-order chi connectivity index (χ1) is 11.1. The molecule has 3 rings (SSSR count). The van der Waals surface area contributed by atoms with Crippen molar-refractivity contribution in [2.24, 2.45) is 0 Å². The number of carbonyl (C=O) groups excluding carboxylic acids is 1. The summed E-state index contributed by atoms with van der Waals surface area (Å²) in [6, 6.07) is 10.6. The largest absolute Gasteiger partial charge is 0.480 e. The van der Waals surface area contributed by atoms with Gasteiger partial charge in [-0.1, -0.05) is 31.2 Å². The van der Waals surface area contributed by atoms with E-state index in [0.717, 1.165) is 12.0 Å². The Morgan fingerprint density at radius 1 is 1.22 bits per heavy atom. The topological polar surface area (TPSA) is 70.8 Å². The fourth-order valence-electron chi connectivity index (χ4n) is 2.92. The van der Waals surface area contributed by atoms with Crippen molar-refractivity contribution in [2.45, 2.75) is 32.2 Å². The number of likely N-dealkylation sites (tertiary alicyclic amines) is 1. The molecule has 0 saturated carbocycles. The second-order valence-corrected chi connectivity index (χ2v) is 5.71. The summed E-state index contributed by atoms with van der Waals surface area (Å²) in [4.78, 5) is 25.1. The van der Waals surface area contributed by atoms with Gasteiger partial charge in [-0.25, -0.2) is 4.79 Å². The van der Waals surface area contributed by atoms with Gasteiger partial charge in [-0.15, -0.1) is 0 Å². The molecular weight excluding hydrogens is 294 g/mol. The van der Waals surface area contributed by atoms with Gasteiger partial charge in [-0.2, -0.15) is 0 Å². The van der Waals surface area contributed by atoms with E-state index in [1.54, 1.807) is 12.1 Å². The van der Waals surface area contributed by atoms with E-state index in [2.05, 4.69) is 6.92 Å². The summed E-state index contributed by atoms with van der Waals surface area (Å²) in [5, 5.41) is 9.19. The van der Waals surface area contributed by atoms with E-state index in [0.29, 0.717) is 25.1 Å². The van der Waals surface area contributed by atoms with E-state index in [-0.39, 0.29) is 11.7 Å². The lowest BCUT2D eigenvalue weighted by molar-refractivity contribution is -0.141. The first-order valence-electron chi connectivity index (χ1n) is 7.83. The van der Waals surface area contributed by atoms with E-state index < -0.39 is 12.0 Å². The van der Waals surface area contributed by atoms with E-state index >= 15 is 0 Å². The van der Waals surface area contributed by atoms with Gasteiger partial charge < -0.3 is 14.4 Å². The molecule has 1 aromatic carbocycles. The van der Waals surface area contributed by atoms with Gasteiger partial charge in [0.1, 0.15) is 11.8 Å². The smallest absolute Gasteiger partial charge is 0.326 e. The van der Waals surface area contributed by atoms with Crippen molar-refractivity contribution in [3.8, 4) is 11.3 Å². The lowest BCUT2D eigenvalue weighted by atomic mass is 10.1. The minimum atomic E-state index is -0.960. The maximum Gasteiger partial charge on any atom is 0.326 e. The van der Waals surface area contributed by atoms with Gasteiger partial charge in [0, 0.05) is 12.1 Å². The van der Waals surface area contributed by atoms with Crippen molar-refractivity contribution in [1.82, 2.24) is 4.90 Å². The van der Waals surface area contributed by atoms with Crippen molar-refractivity contribution in [2.75, 3.05) is 6.54 Å². The molecule has 1 fully saturated rings. The number of benzene rings is 1. The molecule has 5 nitrogen and oxygen atoms in total. The molecular formula is C18H19NO4. The van der Waals surface area contributed by atoms with Gasteiger partial charge in [0.05, 0.1) is 0 Å². The number of amides is 1. The van der Waals surface area contributed by atoms with Crippen LogP contribution in [0.1, 0.15) is 35.9 Å². The zero-order valence-electron chi connectivity index (χ0n) is 13.0. The van der Waals surface area contributed by atoms with Crippen molar-refractivity contribution in [3.63, 3.8) is 0 Å². The highest BCUT2D eigenvalue weighted by atomic mass is 16.4. The van der Waals surface area contributed by atoms with Crippen LogP contribution in [0.3, 0.4) is 0 Å². The van der Waals surface area contributed by atoms with Crippen LogP contribution >= 0.6 is 0 Å². The van der Waals surface area contributed by atoms with Gasteiger partial charge in [-0.3, -0.25) is 4.79 Å². The van der Waals surface area contributed by atoms with Crippen LogP contribution in [0.25, 0.3) is 11.3 Å². The fourth-order valence-corrected chi connectivity index (χ4v) is 2.92. The fraction of sp³-hybridized carbons (Fsp3) is 0.333. The Morgan fingerprint density at radius 2 is 1.96 bits per heavy atom. The number of rotatable bonds is 4. The SMILES string of the molecule is CCc1ccc(-c2ccc(C(=O)N3CCC[C@H]3C(=O)O)o2)cc1. The Morgan fingerprint density at radius 3 is 2.61 bits per heavy atom. The third-order valence-corrected chi connectivity index (χ3v) is 4.26. The zero-order chi connectivity index (χ0) is 16.4. The summed E-state index contributed by atoms with van der Waals surface area (Å²) < 4.78 is 5.66. The summed E-state index contributed by atoms with van der Waals surface area (Å²) in [5.74, 6) is -0.515. The predicted octanol–water partition coefficient (Wildman–Crippen LogP) is 3.20. The second-order valence-electron chi connectivity index (χ2n) is 5.71. The van der Waals surface area contributed by atoms with Crippen LogP contribution in [-0.4, -0.2) is 34.5 Å². The number of furan rings is 1. The summed E-state index contributed by atoms with van der Waals surface area (Å²) in [5.41, 5.74) is 2.13. The number of hydrogen-bond donors (Lipinski definition) is 1. The molecule has 0 spiro atoms. The normalized spacial score (nSPS) is 17.4. The molecule has 2 aromatic rings. The van der Waals surface area contributed by atoms with Crippen LogP contribution in [-0.2, 0) is 11.2 Å². The molecule has 1 amide bonds. The number of hydrogen-bond acceptors (Lipinski definition) is 3. The zero-order valence-corrected chi connectivity index (χ0v) is 13.0. The van der Waals surface area contributed by atoms with E-state index in [1.807, 2.05) is 24.3 Å². The highest BCUT2D eigenvalue weighted by Crippen LogP contribution is 2.26. The standard InChI is InChI=1S/C18H19NO4/c1-2-12-5-7-13(8-6-12)15-9-10-16(23-15)17(20)19-11-3-4-14(19)18(21)22/h5-10,14H,2-4,11H2,1H3,(H,21,22)/t14-/m0/s1. The van der Waals surface area contributed by atoms with Gasteiger partial charge in [-0.05, 0) is 37.0 Å². The molecule has 120 valence electrons. The predicted molar refractivity (Wildman–Crippen MR) is 85.2 cm³/mol. The van der Waals surface area contributed by atoms with Crippen molar-refractivity contribution in [1.29, 1.82) is 0 Å². The van der Waals surface area contributed by atoms with Crippen LogP contribution in [0.4, 0.5) is 0 Å². The molecule has 23 heavy (non-hydrogen) atoms. The van der Waals surface area contributed by atoms with Crippen LogP contribution in [0.15, 0.2) is 40.8 Å². The number of carboxylic acid groups (broad SMARTS) is 1. The quantitative estimate of drug-likeness (QED) is 0.941. The van der Waals surface area contributed by atoms with Gasteiger partial charge in [0.2, 0.25) is 0 Å². The molecule has 0 aliphatic carbocycles. The van der Waals surface area contributed by atoms with Crippen LogP contribution in [0.5, 0.6) is 0 Å². The van der Waals surface area contributed by atoms with Gasteiger partial charge in [0.25, 0.3) is 5.91 Å². The molecule has 2 heterocycles. The summed E-state index contributed by atoms with van der Waals surface area (Å²) in [7, 11) is 0. The molecule has 1 atom stereocenters. The molecule has 5 heteroatoms. The molecule has 1 saturated heterocycles. The first kappa shape index (κ1) is 15.3. The average molecular weight is 313 g/mol. The highest BCUT2D eigenvalue weighted by Gasteiger charge is 2.35. The van der Waals surface area contributed by atoms with E-state index in [4.69, 9.17) is 4.42 Å². The maximum absolute atomic E-state index is 12.5. The molecule has 1 N–H and O–H groups in total. The monoisotopic (exact) mass is 313 g/mol. The summed E-state index contributed by atoms with van der Waals surface area (Å²) in [6.07, 6.45) is 2.16. The molecule has 0 radical (unpaired) electrons. The van der Waals surface area contributed by atoms with Crippen molar-refractivity contribution in [3.05, 3.63) is 47.7 Å². The summed E-state index contributed by atoms with van der Waals surface area (Å²) in [6.45, 7) is 2.55. The molecule has 1 aromatic heterocycles. The second kappa shape index (κ2) is 6.28. The Balaban J connectivity index is 1.80. The third-order valence-electron chi connectivity index (χ3n) is 4.26. The molecule has 1 aliphatic rings. The van der Waals surface area contributed by atoms with E-state index in [1.165, 1.54) is 10.5 Å². The number of carboxylic acids is 1. The Kier molecular flexibility index (Phi) is 4.19. The van der Waals surface area contributed by atoms with Crippen molar-refractivity contribution < 1.29 is 19.1 Å². The molecule has 1 aliphatic heterocycles. The average Bonchev–Trinajstić information content (AvgIpc) is 3.23. The Labute approximate surface area is 134 Å². The maximum atomic E-state index is 12.5. The lowest BCUT2D eigenvalue weighted by Crippen LogP contribution is -2.40. The van der Waals surface area contributed by atoms with Crippen LogP contribution in [0.2, 0.25) is 0 Å². The number of carbonyl (C=O) groups is 2. The minimum absolute atomic E-state index is 0.188. The van der Waals surface area contributed by atoms with Gasteiger partial charge >= 0.3 is 5.97 Å². The number of nitrogens with zero attached hydrogens (tertiary/aromatic N) is 1. The number of aryl methyl sites for hydroxylation is 1. The van der Waals surface area contributed by atoms with Gasteiger partial charge in [0.15, 0.2) is 5.76 Å². The third kappa shape index (κ3) is 2.99. The minimum Gasteiger partial charge on any atom is -0.480 e. The lowest BCUT2D eigenvalue weighted by Gasteiger charge is -2.19. The molecule has 0 bridgehead atoms. The first-order valence-corrected chi connectivity index (χ1v) is 7.83. The van der Waals surface area contributed by atoms with Crippen LogP contribution in [0, 0.1) is 0 Å².